The Morgan fingerprint density at radius 2 is 2.18 bits per heavy atom. The van der Waals surface area contributed by atoms with Gasteiger partial charge in [0.2, 0.25) is 0 Å². The SMILES string of the molecule is CN=C(NCCN(C)CCCOC)NCc1ncccc1C. The third kappa shape index (κ3) is 7.38. The normalized spacial score (nSPS) is 11.8. The fourth-order valence-corrected chi connectivity index (χ4v) is 2.05. The van der Waals surface area contributed by atoms with Gasteiger partial charge in [-0.25, -0.2) is 0 Å². The van der Waals surface area contributed by atoms with E-state index in [2.05, 4.69) is 45.5 Å². The van der Waals surface area contributed by atoms with Gasteiger partial charge in [-0.05, 0) is 32.0 Å². The molecule has 6 nitrogen and oxygen atoms in total. The molecule has 1 aromatic rings. The van der Waals surface area contributed by atoms with Crippen molar-refractivity contribution in [3.8, 4) is 0 Å². The maximum Gasteiger partial charge on any atom is 0.191 e. The molecule has 0 saturated heterocycles. The summed E-state index contributed by atoms with van der Waals surface area (Å²) in [5, 5.41) is 6.61. The first-order valence-electron chi connectivity index (χ1n) is 7.70. The highest BCUT2D eigenvalue weighted by atomic mass is 16.5. The van der Waals surface area contributed by atoms with Gasteiger partial charge in [0.15, 0.2) is 5.96 Å². The van der Waals surface area contributed by atoms with Crippen LogP contribution in [0.4, 0.5) is 0 Å². The molecule has 0 amide bonds. The van der Waals surface area contributed by atoms with Crippen LogP contribution in [0.5, 0.6) is 0 Å². The molecule has 0 radical (unpaired) electrons. The number of rotatable bonds is 9. The number of ether oxygens (including phenoxy) is 1. The van der Waals surface area contributed by atoms with E-state index in [1.165, 1.54) is 5.56 Å². The Labute approximate surface area is 134 Å². The molecule has 22 heavy (non-hydrogen) atoms. The van der Waals surface area contributed by atoms with Crippen molar-refractivity contribution in [3.63, 3.8) is 0 Å². The van der Waals surface area contributed by atoms with E-state index in [4.69, 9.17) is 4.74 Å². The second-order valence-electron chi connectivity index (χ2n) is 5.27. The van der Waals surface area contributed by atoms with Crippen LogP contribution < -0.4 is 10.6 Å². The van der Waals surface area contributed by atoms with Crippen molar-refractivity contribution in [2.75, 3.05) is 47.4 Å². The molecule has 0 bridgehead atoms. The van der Waals surface area contributed by atoms with E-state index >= 15 is 0 Å². The van der Waals surface area contributed by atoms with Crippen LogP contribution >= 0.6 is 0 Å². The molecule has 1 aromatic heterocycles. The minimum Gasteiger partial charge on any atom is -0.385 e. The average molecular weight is 307 g/mol. The highest BCUT2D eigenvalue weighted by Gasteiger charge is 2.02. The fraction of sp³-hybridized carbons (Fsp3) is 0.625. The summed E-state index contributed by atoms with van der Waals surface area (Å²) in [6.45, 7) is 6.40. The second-order valence-corrected chi connectivity index (χ2v) is 5.27. The fourth-order valence-electron chi connectivity index (χ4n) is 2.05. The van der Waals surface area contributed by atoms with E-state index in [0.29, 0.717) is 6.54 Å². The predicted molar refractivity (Wildman–Crippen MR) is 91.2 cm³/mol. The minimum absolute atomic E-state index is 0.677. The van der Waals surface area contributed by atoms with Crippen molar-refractivity contribution in [3.05, 3.63) is 29.6 Å². The van der Waals surface area contributed by atoms with Gasteiger partial charge in [0.05, 0.1) is 12.2 Å². The summed E-state index contributed by atoms with van der Waals surface area (Å²) in [6, 6.07) is 4.01. The van der Waals surface area contributed by atoms with Crippen molar-refractivity contribution in [1.82, 2.24) is 20.5 Å². The van der Waals surface area contributed by atoms with Gasteiger partial charge >= 0.3 is 0 Å². The first kappa shape index (κ1) is 18.4. The molecule has 124 valence electrons. The molecule has 0 atom stereocenters. The third-order valence-electron chi connectivity index (χ3n) is 3.44. The van der Waals surface area contributed by atoms with Crippen molar-refractivity contribution in [2.45, 2.75) is 19.9 Å². The van der Waals surface area contributed by atoms with Crippen molar-refractivity contribution in [2.24, 2.45) is 4.99 Å². The van der Waals surface area contributed by atoms with Gasteiger partial charge < -0.3 is 20.3 Å². The summed E-state index contributed by atoms with van der Waals surface area (Å²) < 4.78 is 5.06. The number of hydrogen-bond donors (Lipinski definition) is 2. The smallest absolute Gasteiger partial charge is 0.191 e. The standard InChI is InChI=1S/C16H29N5O/c1-14-7-5-8-18-15(14)13-20-16(17-2)19-9-11-21(3)10-6-12-22-4/h5,7-8H,6,9-13H2,1-4H3,(H2,17,19,20). The first-order chi connectivity index (χ1) is 10.7. The molecular weight excluding hydrogens is 278 g/mol. The van der Waals surface area contributed by atoms with Gasteiger partial charge in [-0.2, -0.15) is 0 Å². The van der Waals surface area contributed by atoms with E-state index in [0.717, 1.165) is 44.3 Å². The molecule has 0 saturated carbocycles. The zero-order chi connectivity index (χ0) is 16.2. The van der Waals surface area contributed by atoms with E-state index in [1.807, 2.05) is 12.3 Å². The van der Waals surface area contributed by atoms with Crippen molar-refractivity contribution >= 4 is 5.96 Å². The molecule has 0 spiro atoms. The van der Waals surface area contributed by atoms with Crippen molar-refractivity contribution in [1.29, 1.82) is 0 Å². The summed E-state index contributed by atoms with van der Waals surface area (Å²) in [7, 11) is 5.63. The number of pyridine rings is 1. The summed E-state index contributed by atoms with van der Waals surface area (Å²) in [6.07, 6.45) is 2.87. The average Bonchev–Trinajstić information content (AvgIpc) is 2.52. The summed E-state index contributed by atoms with van der Waals surface area (Å²) >= 11 is 0. The van der Waals surface area contributed by atoms with Gasteiger partial charge in [0, 0.05) is 46.6 Å². The quantitative estimate of drug-likeness (QED) is 0.405. The van der Waals surface area contributed by atoms with Crippen LogP contribution in [-0.4, -0.2) is 63.3 Å². The Morgan fingerprint density at radius 3 is 2.86 bits per heavy atom. The zero-order valence-corrected chi connectivity index (χ0v) is 14.2. The number of aryl methyl sites for hydroxylation is 1. The van der Waals surface area contributed by atoms with E-state index in [-0.39, 0.29) is 0 Å². The van der Waals surface area contributed by atoms with Crippen LogP contribution in [0.3, 0.4) is 0 Å². The Hall–Kier alpha value is -1.66. The molecule has 0 aliphatic rings. The number of guanidine groups is 1. The Morgan fingerprint density at radius 1 is 1.36 bits per heavy atom. The molecular formula is C16H29N5O. The lowest BCUT2D eigenvalue weighted by molar-refractivity contribution is 0.180. The highest BCUT2D eigenvalue weighted by molar-refractivity contribution is 5.79. The molecule has 0 aromatic carbocycles. The zero-order valence-electron chi connectivity index (χ0n) is 14.2. The van der Waals surface area contributed by atoms with Gasteiger partial charge in [-0.15, -0.1) is 0 Å². The number of methoxy groups -OCH3 is 1. The first-order valence-corrected chi connectivity index (χ1v) is 7.70. The number of aliphatic imine (C=N–C) groups is 1. The van der Waals surface area contributed by atoms with Crippen LogP contribution in [0, 0.1) is 6.92 Å². The van der Waals surface area contributed by atoms with E-state index < -0.39 is 0 Å². The van der Waals surface area contributed by atoms with Crippen LogP contribution in [0.15, 0.2) is 23.3 Å². The number of likely N-dealkylation sites (N-methyl/N-ethyl adjacent to an activating group) is 1. The van der Waals surface area contributed by atoms with Crippen LogP contribution in [0.25, 0.3) is 0 Å². The molecule has 0 aliphatic heterocycles. The lowest BCUT2D eigenvalue weighted by Gasteiger charge is -2.18. The largest absolute Gasteiger partial charge is 0.385 e. The topological polar surface area (TPSA) is 61.8 Å². The summed E-state index contributed by atoms with van der Waals surface area (Å²) in [4.78, 5) is 10.9. The maximum absolute atomic E-state index is 5.06. The van der Waals surface area contributed by atoms with Crippen LogP contribution in [0.1, 0.15) is 17.7 Å². The molecule has 1 rings (SSSR count). The van der Waals surface area contributed by atoms with Gasteiger partial charge in [-0.1, -0.05) is 6.07 Å². The number of nitrogens with one attached hydrogen (secondary N) is 2. The van der Waals surface area contributed by atoms with Crippen molar-refractivity contribution < 1.29 is 4.74 Å². The molecule has 2 N–H and O–H groups in total. The van der Waals surface area contributed by atoms with E-state index in [9.17, 15) is 0 Å². The number of hydrogen-bond acceptors (Lipinski definition) is 4. The maximum atomic E-state index is 5.06. The summed E-state index contributed by atoms with van der Waals surface area (Å²) in [5.74, 6) is 0.801. The van der Waals surface area contributed by atoms with Crippen LogP contribution in [-0.2, 0) is 11.3 Å². The molecule has 0 aliphatic carbocycles. The predicted octanol–water partition coefficient (Wildman–Crippen LogP) is 1.02. The Balaban J connectivity index is 2.24. The van der Waals surface area contributed by atoms with Crippen LogP contribution in [0.2, 0.25) is 0 Å². The van der Waals surface area contributed by atoms with Gasteiger partial charge in [0.1, 0.15) is 0 Å². The monoisotopic (exact) mass is 307 g/mol. The summed E-state index contributed by atoms with van der Waals surface area (Å²) in [5.41, 5.74) is 2.23. The Kier molecular flexibility index (Phi) is 9.18. The molecule has 6 heteroatoms. The third-order valence-corrected chi connectivity index (χ3v) is 3.44. The molecule has 1 heterocycles. The molecule has 0 fully saturated rings. The van der Waals surface area contributed by atoms with Gasteiger partial charge in [0.25, 0.3) is 0 Å². The Bertz CT molecular complexity index is 450. The number of nitrogens with zero attached hydrogens (tertiary/aromatic N) is 3. The van der Waals surface area contributed by atoms with Gasteiger partial charge in [-0.3, -0.25) is 9.98 Å². The van der Waals surface area contributed by atoms with E-state index in [1.54, 1.807) is 14.2 Å². The lowest BCUT2D eigenvalue weighted by Crippen LogP contribution is -2.41. The minimum atomic E-state index is 0.677. The lowest BCUT2D eigenvalue weighted by atomic mass is 10.2. The second kappa shape index (κ2) is 11.0. The number of aromatic nitrogens is 1. The highest BCUT2D eigenvalue weighted by Crippen LogP contribution is 2.01. The molecule has 0 unspecified atom stereocenters.